The highest BCUT2D eigenvalue weighted by Gasteiger charge is 2.38. The highest BCUT2D eigenvalue weighted by Crippen LogP contribution is 2.31. The van der Waals surface area contributed by atoms with Crippen LogP contribution in [0.2, 0.25) is 0 Å². The van der Waals surface area contributed by atoms with Crippen LogP contribution in [0.1, 0.15) is 18.4 Å². The maximum absolute atomic E-state index is 13.1. The van der Waals surface area contributed by atoms with Gasteiger partial charge >= 0.3 is 0 Å². The highest BCUT2D eigenvalue weighted by atomic mass is 19.1. The van der Waals surface area contributed by atoms with Gasteiger partial charge in [0.1, 0.15) is 5.82 Å². The molecule has 4 heteroatoms. The van der Waals surface area contributed by atoms with Crippen LogP contribution in [0.4, 0.5) is 10.1 Å². The number of morpholine rings is 1. The summed E-state index contributed by atoms with van der Waals surface area (Å²) >= 11 is 0. The van der Waals surface area contributed by atoms with E-state index in [1.807, 2.05) is 12.1 Å². The van der Waals surface area contributed by atoms with Crippen LogP contribution in [-0.4, -0.2) is 36.2 Å². The predicted octanol–water partition coefficient (Wildman–Crippen LogP) is 3.67. The summed E-state index contributed by atoms with van der Waals surface area (Å²) in [5, 5.41) is 3.57. The third-order valence-electron chi connectivity index (χ3n) is 5.09. The smallest absolute Gasteiger partial charge is 0.123 e. The largest absolute Gasteiger partial charge is 0.382 e. The molecule has 2 heterocycles. The van der Waals surface area contributed by atoms with E-state index in [1.54, 1.807) is 0 Å². The van der Waals surface area contributed by atoms with E-state index in [-0.39, 0.29) is 5.82 Å². The zero-order valence-corrected chi connectivity index (χ0v) is 13.7. The summed E-state index contributed by atoms with van der Waals surface area (Å²) in [6.07, 6.45) is 2.11. The zero-order chi connectivity index (χ0) is 16.4. The van der Waals surface area contributed by atoms with Gasteiger partial charge in [-0.2, -0.15) is 0 Å². The van der Waals surface area contributed by atoms with Crippen molar-refractivity contribution in [2.75, 3.05) is 18.5 Å². The van der Waals surface area contributed by atoms with E-state index in [9.17, 15) is 4.39 Å². The van der Waals surface area contributed by atoms with E-state index < -0.39 is 0 Å². The molecular weight excluding hydrogens is 303 g/mol. The first-order valence-electron chi connectivity index (χ1n) is 8.67. The van der Waals surface area contributed by atoms with Crippen LogP contribution < -0.4 is 5.32 Å². The molecule has 2 aliphatic rings. The maximum atomic E-state index is 13.1. The Hall–Kier alpha value is -1.91. The van der Waals surface area contributed by atoms with Crippen LogP contribution in [-0.2, 0) is 11.3 Å². The van der Waals surface area contributed by atoms with Crippen LogP contribution in [0.3, 0.4) is 0 Å². The summed E-state index contributed by atoms with van der Waals surface area (Å²) in [7, 11) is 0. The lowest BCUT2D eigenvalue weighted by Crippen LogP contribution is -2.58. The average molecular weight is 326 g/mol. The molecule has 3 nitrogen and oxygen atoms in total. The van der Waals surface area contributed by atoms with Crippen molar-refractivity contribution < 1.29 is 9.13 Å². The third-order valence-corrected chi connectivity index (χ3v) is 5.09. The van der Waals surface area contributed by atoms with Gasteiger partial charge in [-0.15, -0.1) is 0 Å². The topological polar surface area (TPSA) is 24.5 Å². The molecule has 2 bridgehead atoms. The van der Waals surface area contributed by atoms with Crippen molar-refractivity contribution in [3.05, 3.63) is 66.0 Å². The molecule has 126 valence electrons. The van der Waals surface area contributed by atoms with Crippen LogP contribution in [0, 0.1) is 5.82 Å². The summed E-state index contributed by atoms with van der Waals surface area (Å²) in [5.41, 5.74) is 2.36. The molecule has 0 amide bonds. The number of fused-ring (bicyclic) bond motifs is 2. The molecule has 1 N–H and O–H groups in total. The molecular formula is C20H23FN2O. The molecule has 0 radical (unpaired) electrons. The average Bonchev–Trinajstić information content (AvgIpc) is 2.58. The number of nitrogens with zero attached hydrogens (tertiary/aromatic N) is 1. The first-order chi connectivity index (χ1) is 11.8. The normalized spacial score (nSPS) is 27.0. The first-order valence-corrected chi connectivity index (χ1v) is 8.67. The molecule has 2 aliphatic heterocycles. The van der Waals surface area contributed by atoms with E-state index in [0.717, 1.165) is 38.3 Å². The van der Waals surface area contributed by atoms with Gasteiger partial charge in [-0.05, 0) is 42.7 Å². The Balaban J connectivity index is 1.43. The molecule has 0 aliphatic carbocycles. The monoisotopic (exact) mass is 326 g/mol. The standard InChI is InChI=1S/C20H23FN2O/c21-16-6-8-17(9-7-16)22-18-10-19-13-24-14-20(11-18)23(19)12-15-4-2-1-3-5-15/h1-9,18-20,22H,10-14H2/t18-,19-,20+. The molecule has 2 saturated heterocycles. The second-order valence-electron chi connectivity index (χ2n) is 6.82. The van der Waals surface area contributed by atoms with Crippen molar-refractivity contribution >= 4 is 5.69 Å². The molecule has 0 spiro atoms. The molecule has 2 fully saturated rings. The molecule has 3 atom stereocenters. The van der Waals surface area contributed by atoms with Crippen molar-refractivity contribution in [1.29, 1.82) is 0 Å². The van der Waals surface area contributed by atoms with E-state index in [0.29, 0.717) is 18.1 Å². The number of benzene rings is 2. The second kappa shape index (κ2) is 6.91. The Bertz CT molecular complexity index is 647. The molecule has 24 heavy (non-hydrogen) atoms. The summed E-state index contributed by atoms with van der Waals surface area (Å²) in [4.78, 5) is 2.60. The Morgan fingerprint density at radius 2 is 1.62 bits per heavy atom. The lowest BCUT2D eigenvalue weighted by molar-refractivity contribution is -0.0802. The fourth-order valence-corrected chi connectivity index (χ4v) is 3.94. The highest BCUT2D eigenvalue weighted by molar-refractivity contribution is 5.44. The van der Waals surface area contributed by atoms with Gasteiger partial charge in [0.05, 0.1) is 13.2 Å². The van der Waals surface area contributed by atoms with E-state index in [1.165, 1.54) is 17.7 Å². The number of piperidine rings is 1. The van der Waals surface area contributed by atoms with Crippen molar-refractivity contribution in [2.24, 2.45) is 0 Å². The van der Waals surface area contributed by atoms with Crippen molar-refractivity contribution in [1.82, 2.24) is 4.90 Å². The third kappa shape index (κ3) is 3.45. The number of ether oxygens (including phenoxy) is 1. The maximum Gasteiger partial charge on any atom is 0.123 e. The Kier molecular flexibility index (Phi) is 4.50. The summed E-state index contributed by atoms with van der Waals surface area (Å²) < 4.78 is 18.9. The number of nitrogens with one attached hydrogen (secondary N) is 1. The summed E-state index contributed by atoms with van der Waals surface area (Å²) in [6, 6.07) is 18.6. The molecule has 2 aromatic rings. The van der Waals surface area contributed by atoms with Gasteiger partial charge in [-0.3, -0.25) is 4.90 Å². The lowest BCUT2D eigenvalue weighted by Gasteiger charge is -2.48. The molecule has 0 aromatic heterocycles. The first kappa shape index (κ1) is 15.6. The minimum absolute atomic E-state index is 0.191. The number of rotatable bonds is 4. The predicted molar refractivity (Wildman–Crippen MR) is 93.4 cm³/mol. The van der Waals surface area contributed by atoms with Gasteiger partial charge < -0.3 is 10.1 Å². The van der Waals surface area contributed by atoms with Gasteiger partial charge in [0.25, 0.3) is 0 Å². The molecule has 2 aromatic carbocycles. The van der Waals surface area contributed by atoms with Crippen molar-refractivity contribution in [2.45, 2.75) is 37.5 Å². The number of halogens is 1. The quantitative estimate of drug-likeness (QED) is 0.928. The van der Waals surface area contributed by atoms with E-state index in [4.69, 9.17) is 4.74 Å². The summed E-state index contributed by atoms with van der Waals surface area (Å²) in [5.74, 6) is -0.191. The summed E-state index contributed by atoms with van der Waals surface area (Å²) in [6.45, 7) is 2.58. The van der Waals surface area contributed by atoms with Gasteiger partial charge in [-0.25, -0.2) is 4.39 Å². The SMILES string of the molecule is Fc1ccc(N[C@H]2C[C@H]3COC[C@@H](C2)N3Cc2ccccc2)cc1. The number of anilines is 1. The van der Waals surface area contributed by atoms with Crippen molar-refractivity contribution in [3.63, 3.8) is 0 Å². The van der Waals surface area contributed by atoms with Crippen LogP contribution in [0.5, 0.6) is 0 Å². The van der Waals surface area contributed by atoms with Crippen LogP contribution >= 0.6 is 0 Å². The van der Waals surface area contributed by atoms with Gasteiger partial charge in [-0.1, -0.05) is 30.3 Å². The van der Waals surface area contributed by atoms with Crippen LogP contribution in [0.25, 0.3) is 0 Å². The lowest BCUT2D eigenvalue weighted by atomic mass is 9.89. The fourth-order valence-electron chi connectivity index (χ4n) is 3.94. The number of hydrogen-bond acceptors (Lipinski definition) is 3. The molecule has 0 saturated carbocycles. The van der Waals surface area contributed by atoms with Gasteiger partial charge in [0.15, 0.2) is 0 Å². The van der Waals surface area contributed by atoms with E-state index in [2.05, 4.69) is 40.5 Å². The number of hydrogen-bond donors (Lipinski definition) is 1. The molecule has 4 rings (SSSR count). The van der Waals surface area contributed by atoms with Gasteiger partial charge in [0.2, 0.25) is 0 Å². The minimum Gasteiger partial charge on any atom is -0.382 e. The Morgan fingerprint density at radius 1 is 0.958 bits per heavy atom. The Labute approximate surface area is 142 Å². The van der Waals surface area contributed by atoms with Gasteiger partial charge in [0, 0.05) is 30.4 Å². The second-order valence-corrected chi connectivity index (χ2v) is 6.82. The van der Waals surface area contributed by atoms with E-state index >= 15 is 0 Å². The Morgan fingerprint density at radius 3 is 2.29 bits per heavy atom. The zero-order valence-electron chi connectivity index (χ0n) is 13.7. The van der Waals surface area contributed by atoms with Crippen LogP contribution in [0.15, 0.2) is 54.6 Å². The van der Waals surface area contributed by atoms with Crippen molar-refractivity contribution in [3.8, 4) is 0 Å². The fraction of sp³-hybridized carbons (Fsp3) is 0.400. The molecule has 0 unspecified atom stereocenters. The minimum atomic E-state index is -0.191.